The van der Waals surface area contributed by atoms with E-state index in [0.717, 1.165) is 11.3 Å². The lowest BCUT2D eigenvalue weighted by atomic mass is 9.97. The lowest BCUT2D eigenvalue weighted by molar-refractivity contribution is -0.384. The summed E-state index contributed by atoms with van der Waals surface area (Å²) >= 11 is 0. The number of anilines is 1. The number of aryl methyl sites for hydroxylation is 1. The van der Waals surface area contributed by atoms with Crippen LogP contribution in [0, 0.1) is 10.1 Å². The van der Waals surface area contributed by atoms with Gasteiger partial charge in [0, 0.05) is 17.8 Å². The summed E-state index contributed by atoms with van der Waals surface area (Å²) in [6.45, 7) is 5.47. The molecule has 0 fully saturated rings. The number of carbonyl (C=O) groups excluding carboxylic acids is 1. The first-order chi connectivity index (χ1) is 9.26. The van der Waals surface area contributed by atoms with Crippen LogP contribution < -0.4 is 5.32 Å². The van der Waals surface area contributed by atoms with Gasteiger partial charge in [0.25, 0.3) is 5.69 Å². The van der Waals surface area contributed by atoms with Gasteiger partial charge in [0.15, 0.2) is 0 Å². The van der Waals surface area contributed by atoms with Crippen LogP contribution in [0.4, 0.5) is 11.4 Å². The molecule has 0 saturated carbocycles. The number of rotatable bonds is 2. The molecule has 1 aliphatic rings. The average Bonchev–Trinajstić information content (AvgIpc) is 2.35. The van der Waals surface area contributed by atoms with Crippen LogP contribution >= 0.6 is 0 Å². The zero-order chi connectivity index (χ0) is 14.9. The van der Waals surface area contributed by atoms with Crippen LogP contribution in [0.3, 0.4) is 0 Å². The number of nitro groups is 1. The van der Waals surface area contributed by atoms with Crippen molar-refractivity contribution in [2.75, 3.05) is 5.32 Å². The van der Waals surface area contributed by atoms with Crippen molar-refractivity contribution in [1.29, 1.82) is 0 Å². The number of ether oxygens (including phenoxy) is 1. The Bertz CT molecular complexity index is 549. The Morgan fingerprint density at radius 1 is 1.45 bits per heavy atom. The third-order valence-electron chi connectivity index (χ3n) is 3.02. The van der Waals surface area contributed by atoms with E-state index in [0.29, 0.717) is 12.8 Å². The summed E-state index contributed by atoms with van der Waals surface area (Å²) in [6.07, 6.45) is 1.19. The van der Waals surface area contributed by atoms with Crippen LogP contribution in [0.5, 0.6) is 0 Å². The number of carbonyl (C=O) groups is 1. The van der Waals surface area contributed by atoms with Crippen LogP contribution in [0.2, 0.25) is 0 Å². The molecule has 0 amide bonds. The smallest absolute Gasteiger partial charge is 0.329 e. The molecule has 0 bridgehead atoms. The second-order valence-electron chi connectivity index (χ2n) is 5.87. The molecule has 2 rings (SSSR count). The standard InChI is InChI=1S/C14H18N2O4/c1-14(2,3)20-13(17)12-6-4-9-8-10(16(18)19)5-7-11(9)15-12/h5,7-8,12,15H,4,6H2,1-3H3. The number of nitrogens with one attached hydrogen (secondary N) is 1. The van der Waals surface area contributed by atoms with E-state index in [-0.39, 0.29) is 11.7 Å². The number of hydrogen-bond acceptors (Lipinski definition) is 5. The van der Waals surface area contributed by atoms with Crippen molar-refractivity contribution in [1.82, 2.24) is 0 Å². The van der Waals surface area contributed by atoms with Gasteiger partial charge in [-0.05, 0) is 45.2 Å². The third kappa shape index (κ3) is 3.26. The number of nitrogens with zero attached hydrogens (tertiary/aromatic N) is 1. The first kappa shape index (κ1) is 14.3. The Morgan fingerprint density at radius 2 is 2.15 bits per heavy atom. The predicted octanol–water partition coefficient (Wildman–Crippen LogP) is 2.66. The number of esters is 1. The molecule has 0 aromatic heterocycles. The number of fused-ring (bicyclic) bond motifs is 1. The molecule has 0 aliphatic carbocycles. The fourth-order valence-electron chi connectivity index (χ4n) is 2.15. The molecule has 108 valence electrons. The van der Waals surface area contributed by atoms with E-state index >= 15 is 0 Å². The van der Waals surface area contributed by atoms with E-state index in [4.69, 9.17) is 4.74 Å². The van der Waals surface area contributed by atoms with E-state index in [2.05, 4.69) is 5.32 Å². The largest absolute Gasteiger partial charge is 0.458 e. The first-order valence-corrected chi connectivity index (χ1v) is 6.53. The maximum absolute atomic E-state index is 12.0. The molecule has 1 unspecified atom stereocenters. The molecule has 1 atom stereocenters. The Balaban J connectivity index is 2.12. The molecule has 1 heterocycles. The Kier molecular flexibility index (Phi) is 3.65. The predicted molar refractivity (Wildman–Crippen MR) is 74.7 cm³/mol. The van der Waals surface area contributed by atoms with Gasteiger partial charge in [-0.25, -0.2) is 4.79 Å². The van der Waals surface area contributed by atoms with E-state index in [1.807, 2.05) is 20.8 Å². The van der Waals surface area contributed by atoms with Crippen molar-refractivity contribution >= 4 is 17.3 Å². The van der Waals surface area contributed by atoms with Crippen LogP contribution in [0.1, 0.15) is 32.8 Å². The molecule has 1 N–H and O–H groups in total. The Hall–Kier alpha value is -2.11. The van der Waals surface area contributed by atoms with Gasteiger partial charge in [-0.1, -0.05) is 0 Å². The minimum Gasteiger partial charge on any atom is -0.458 e. The van der Waals surface area contributed by atoms with Gasteiger partial charge < -0.3 is 10.1 Å². The molecule has 6 nitrogen and oxygen atoms in total. The maximum Gasteiger partial charge on any atom is 0.329 e. The van der Waals surface area contributed by atoms with Gasteiger partial charge >= 0.3 is 5.97 Å². The minimum atomic E-state index is -0.519. The van der Waals surface area contributed by atoms with Gasteiger partial charge in [0.05, 0.1) is 4.92 Å². The van der Waals surface area contributed by atoms with Crippen molar-refractivity contribution in [2.45, 2.75) is 45.3 Å². The van der Waals surface area contributed by atoms with Crippen molar-refractivity contribution in [3.05, 3.63) is 33.9 Å². The zero-order valence-electron chi connectivity index (χ0n) is 11.8. The number of nitro benzene ring substituents is 1. The topological polar surface area (TPSA) is 81.5 Å². The van der Waals surface area contributed by atoms with Crippen molar-refractivity contribution in [3.63, 3.8) is 0 Å². The van der Waals surface area contributed by atoms with Crippen molar-refractivity contribution < 1.29 is 14.5 Å². The average molecular weight is 278 g/mol. The Labute approximate surface area is 117 Å². The van der Waals surface area contributed by atoms with Crippen LogP contribution in [0.25, 0.3) is 0 Å². The summed E-state index contributed by atoms with van der Waals surface area (Å²) in [5, 5.41) is 13.8. The summed E-state index contributed by atoms with van der Waals surface area (Å²) in [7, 11) is 0. The van der Waals surface area contributed by atoms with Crippen LogP contribution in [-0.4, -0.2) is 22.5 Å². The molecular weight excluding hydrogens is 260 g/mol. The molecule has 0 radical (unpaired) electrons. The SMILES string of the molecule is CC(C)(C)OC(=O)C1CCc2cc([N+](=O)[O-])ccc2N1. The van der Waals surface area contributed by atoms with Crippen molar-refractivity contribution in [3.8, 4) is 0 Å². The molecule has 1 aromatic carbocycles. The normalized spacial score (nSPS) is 17.9. The monoisotopic (exact) mass is 278 g/mol. The summed E-state index contributed by atoms with van der Waals surface area (Å²) in [6, 6.07) is 4.23. The number of non-ortho nitro benzene ring substituents is 1. The second kappa shape index (κ2) is 5.11. The van der Waals surface area contributed by atoms with Gasteiger partial charge in [-0.15, -0.1) is 0 Å². The fraction of sp³-hybridized carbons (Fsp3) is 0.500. The summed E-state index contributed by atoms with van der Waals surface area (Å²) in [5.74, 6) is -0.290. The second-order valence-corrected chi connectivity index (χ2v) is 5.87. The van der Waals surface area contributed by atoms with Gasteiger partial charge in [0.2, 0.25) is 0 Å². The van der Waals surface area contributed by atoms with Gasteiger partial charge in [0.1, 0.15) is 11.6 Å². The summed E-state index contributed by atoms with van der Waals surface area (Å²) < 4.78 is 5.34. The Morgan fingerprint density at radius 3 is 2.75 bits per heavy atom. The molecule has 6 heteroatoms. The molecule has 0 spiro atoms. The third-order valence-corrected chi connectivity index (χ3v) is 3.02. The van der Waals surface area contributed by atoms with Crippen LogP contribution in [0.15, 0.2) is 18.2 Å². The summed E-state index contributed by atoms with van der Waals surface area (Å²) in [5.41, 5.74) is 1.17. The highest BCUT2D eigenvalue weighted by Crippen LogP contribution is 2.29. The quantitative estimate of drug-likeness (QED) is 0.511. The van der Waals surface area contributed by atoms with Crippen molar-refractivity contribution in [2.24, 2.45) is 0 Å². The lowest BCUT2D eigenvalue weighted by Crippen LogP contribution is -2.38. The summed E-state index contributed by atoms with van der Waals surface area (Å²) in [4.78, 5) is 22.3. The lowest BCUT2D eigenvalue weighted by Gasteiger charge is -2.28. The highest BCUT2D eigenvalue weighted by Gasteiger charge is 2.29. The van der Waals surface area contributed by atoms with Crippen LogP contribution in [-0.2, 0) is 16.0 Å². The molecule has 20 heavy (non-hydrogen) atoms. The minimum absolute atomic E-state index is 0.0706. The number of benzene rings is 1. The molecule has 0 saturated heterocycles. The highest BCUT2D eigenvalue weighted by atomic mass is 16.6. The van der Waals surface area contributed by atoms with E-state index < -0.39 is 16.6 Å². The zero-order valence-corrected chi connectivity index (χ0v) is 11.8. The van der Waals surface area contributed by atoms with Gasteiger partial charge in [-0.2, -0.15) is 0 Å². The van der Waals surface area contributed by atoms with E-state index in [1.165, 1.54) is 6.07 Å². The molecule has 1 aliphatic heterocycles. The van der Waals surface area contributed by atoms with E-state index in [1.54, 1.807) is 12.1 Å². The molecular formula is C14H18N2O4. The first-order valence-electron chi connectivity index (χ1n) is 6.53. The van der Waals surface area contributed by atoms with E-state index in [9.17, 15) is 14.9 Å². The fourth-order valence-corrected chi connectivity index (χ4v) is 2.15. The maximum atomic E-state index is 12.0. The number of hydrogen-bond donors (Lipinski definition) is 1. The van der Waals surface area contributed by atoms with Gasteiger partial charge in [-0.3, -0.25) is 10.1 Å². The highest BCUT2D eigenvalue weighted by molar-refractivity contribution is 5.81. The molecule has 1 aromatic rings.